The van der Waals surface area contributed by atoms with Gasteiger partial charge in [-0.1, -0.05) is 34.8 Å². The Labute approximate surface area is 138 Å². The lowest BCUT2D eigenvalue weighted by Gasteiger charge is -2.08. The zero-order valence-electron chi connectivity index (χ0n) is 9.87. The monoisotopic (exact) mass is 389 g/mol. The minimum atomic E-state index is 0.354. The lowest BCUT2D eigenvalue weighted by molar-refractivity contribution is 1.11. The summed E-state index contributed by atoms with van der Waals surface area (Å²) in [5.41, 5.74) is 8.29. The van der Waals surface area contributed by atoms with Crippen molar-refractivity contribution in [1.82, 2.24) is 9.55 Å². The molecule has 3 rings (SSSR count). The molecule has 3 aromatic rings. The molecule has 2 aromatic carbocycles. The predicted octanol–water partition coefficient (Wildman–Crippen LogP) is 5.33. The Morgan fingerprint density at radius 2 is 1.70 bits per heavy atom. The van der Waals surface area contributed by atoms with Crippen molar-refractivity contribution in [2.75, 3.05) is 5.73 Å². The first-order valence-electron chi connectivity index (χ1n) is 5.56. The van der Waals surface area contributed by atoms with Gasteiger partial charge in [0.2, 0.25) is 5.95 Å². The van der Waals surface area contributed by atoms with Gasteiger partial charge in [-0.25, -0.2) is 4.98 Å². The second-order valence-electron chi connectivity index (χ2n) is 4.16. The highest BCUT2D eigenvalue weighted by molar-refractivity contribution is 9.10. The molecule has 1 aromatic heterocycles. The van der Waals surface area contributed by atoms with Gasteiger partial charge in [0.15, 0.2) is 0 Å². The predicted molar refractivity (Wildman–Crippen MR) is 88.2 cm³/mol. The smallest absolute Gasteiger partial charge is 0.205 e. The average Bonchev–Trinajstić information content (AvgIpc) is 2.69. The van der Waals surface area contributed by atoms with E-state index in [-0.39, 0.29) is 0 Å². The summed E-state index contributed by atoms with van der Waals surface area (Å²) in [7, 11) is 0. The number of hydrogen-bond acceptors (Lipinski definition) is 2. The number of imidazole rings is 1. The first-order chi connectivity index (χ1) is 9.47. The molecule has 0 unspecified atom stereocenters. The van der Waals surface area contributed by atoms with Gasteiger partial charge in [-0.05, 0) is 46.3 Å². The molecule has 0 radical (unpaired) electrons. The highest BCUT2D eigenvalue weighted by Crippen LogP contribution is 2.32. The van der Waals surface area contributed by atoms with E-state index in [1.165, 1.54) is 0 Å². The Bertz CT molecular complexity index is 829. The Morgan fingerprint density at radius 1 is 1.00 bits per heavy atom. The fourth-order valence-corrected chi connectivity index (χ4v) is 2.79. The lowest BCUT2D eigenvalue weighted by Crippen LogP contribution is -2.00. The van der Waals surface area contributed by atoms with Crippen molar-refractivity contribution in [2.24, 2.45) is 0 Å². The van der Waals surface area contributed by atoms with Gasteiger partial charge in [0.25, 0.3) is 0 Å². The standard InChI is InChI=1S/C13H7BrCl3N3/c14-7-3-6(1-2-8(7)15)20-12-5-10(17)9(16)4-11(12)19-13(20)18/h1-5H,(H2,18,19). The van der Waals surface area contributed by atoms with Crippen LogP contribution >= 0.6 is 50.7 Å². The number of anilines is 1. The highest BCUT2D eigenvalue weighted by atomic mass is 79.9. The molecule has 0 fully saturated rings. The second kappa shape index (κ2) is 5.11. The summed E-state index contributed by atoms with van der Waals surface area (Å²) in [5.74, 6) is 0.354. The van der Waals surface area contributed by atoms with Gasteiger partial charge in [0.05, 0.1) is 31.8 Å². The maximum atomic E-state index is 6.07. The Hall–Kier alpha value is -0.940. The summed E-state index contributed by atoms with van der Waals surface area (Å²) in [6.07, 6.45) is 0. The van der Waals surface area contributed by atoms with Crippen molar-refractivity contribution in [3.63, 3.8) is 0 Å². The van der Waals surface area contributed by atoms with E-state index in [4.69, 9.17) is 40.5 Å². The third-order valence-corrected chi connectivity index (χ3v) is 4.82. The summed E-state index contributed by atoms with van der Waals surface area (Å²) in [5, 5.41) is 1.52. The number of rotatable bonds is 1. The van der Waals surface area contributed by atoms with Gasteiger partial charge in [-0.15, -0.1) is 0 Å². The number of nitrogen functional groups attached to an aromatic ring is 1. The van der Waals surface area contributed by atoms with Crippen LogP contribution in [0.5, 0.6) is 0 Å². The van der Waals surface area contributed by atoms with Crippen LogP contribution in [0.3, 0.4) is 0 Å². The zero-order valence-corrected chi connectivity index (χ0v) is 13.7. The van der Waals surface area contributed by atoms with Crippen LogP contribution in [0.4, 0.5) is 5.95 Å². The summed E-state index contributed by atoms with van der Waals surface area (Å²) in [4.78, 5) is 4.29. The molecule has 3 nitrogen and oxygen atoms in total. The zero-order chi connectivity index (χ0) is 14.4. The molecule has 2 N–H and O–H groups in total. The first-order valence-corrected chi connectivity index (χ1v) is 7.48. The van der Waals surface area contributed by atoms with Crippen molar-refractivity contribution in [1.29, 1.82) is 0 Å². The topological polar surface area (TPSA) is 43.8 Å². The molecule has 1 heterocycles. The fourth-order valence-electron chi connectivity index (χ4n) is 1.99. The molecule has 0 aliphatic heterocycles. The minimum absolute atomic E-state index is 0.354. The van der Waals surface area contributed by atoms with Gasteiger partial charge in [-0.3, -0.25) is 4.57 Å². The van der Waals surface area contributed by atoms with Crippen molar-refractivity contribution >= 4 is 67.7 Å². The molecule has 0 saturated carbocycles. The molecule has 7 heteroatoms. The Balaban J connectivity index is 2.32. The summed E-state index contributed by atoms with van der Waals surface area (Å²) >= 11 is 21.5. The van der Waals surface area contributed by atoms with Crippen LogP contribution in [-0.4, -0.2) is 9.55 Å². The van der Waals surface area contributed by atoms with E-state index in [0.717, 1.165) is 15.7 Å². The highest BCUT2D eigenvalue weighted by Gasteiger charge is 2.13. The molecular formula is C13H7BrCl3N3. The second-order valence-corrected chi connectivity index (χ2v) is 6.23. The molecule has 0 aliphatic rings. The summed E-state index contributed by atoms with van der Waals surface area (Å²) in [6, 6.07) is 8.93. The molecule has 0 aliphatic carbocycles. The maximum absolute atomic E-state index is 6.07. The molecule has 102 valence electrons. The average molecular weight is 391 g/mol. The van der Waals surface area contributed by atoms with Crippen LogP contribution in [-0.2, 0) is 0 Å². The van der Waals surface area contributed by atoms with Crippen LogP contribution in [0.25, 0.3) is 16.7 Å². The Kier molecular flexibility index (Phi) is 3.58. The van der Waals surface area contributed by atoms with Gasteiger partial charge >= 0.3 is 0 Å². The van der Waals surface area contributed by atoms with Crippen LogP contribution in [0.1, 0.15) is 0 Å². The third kappa shape index (κ3) is 2.27. The van der Waals surface area contributed by atoms with E-state index >= 15 is 0 Å². The van der Waals surface area contributed by atoms with Gasteiger partial charge < -0.3 is 5.73 Å². The van der Waals surface area contributed by atoms with E-state index < -0.39 is 0 Å². The van der Waals surface area contributed by atoms with Crippen LogP contribution in [0, 0.1) is 0 Å². The number of aromatic nitrogens is 2. The normalized spacial score (nSPS) is 11.2. The van der Waals surface area contributed by atoms with Crippen molar-refractivity contribution < 1.29 is 0 Å². The first kappa shape index (κ1) is 14.0. The number of fused-ring (bicyclic) bond motifs is 1. The number of hydrogen-bond donors (Lipinski definition) is 1. The number of nitrogens with two attached hydrogens (primary N) is 1. The summed E-state index contributed by atoms with van der Waals surface area (Å²) < 4.78 is 2.57. The van der Waals surface area contributed by atoms with Crippen LogP contribution < -0.4 is 5.73 Å². The fraction of sp³-hybridized carbons (Fsp3) is 0. The molecule has 0 spiro atoms. The largest absolute Gasteiger partial charge is 0.369 e. The lowest BCUT2D eigenvalue weighted by atomic mass is 10.3. The third-order valence-electron chi connectivity index (χ3n) is 2.88. The van der Waals surface area contributed by atoms with E-state index in [1.807, 2.05) is 12.1 Å². The number of benzene rings is 2. The van der Waals surface area contributed by atoms with Crippen molar-refractivity contribution in [2.45, 2.75) is 0 Å². The Morgan fingerprint density at radius 3 is 2.40 bits per heavy atom. The minimum Gasteiger partial charge on any atom is -0.369 e. The van der Waals surface area contributed by atoms with Gasteiger partial charge in [0.1, 0.15) is 0 Å². The van der Waals surface area contributed by atoms with E-state index in [9.17, 15) is 0 Å². The molecule has 0 saturated heterocycles. The van der Waals surface area contributed by atoms with Gasteiger partial charge in [0, 0.05) is 4.47 Å². The van der Waals surface area contributed by atoms with E-state index in [2.05, 4.69) is 20.9 Å². The number of nitrogens with zero attached hydrogens (tertiary/aromatic N) is 2. The van der Waals surface area contributed by atoms with Crippen molar-refractivity contribution in [3.8, 4) is 5.69 Å². The van der Waals surface area contributed by atoms with Crippen molar-refractivity contribution in [3.05, 3.63) is 49.9 Å². The molecule has 0 atom stereocenters. The quantitative estimate of drug-likeness (QED) is 0.609. The maximum Gasteiger partial charge on any atom is 0.205 e. The van der Waals surface area contributed by atoms with E-state index in [1.54, 1.807) is 22.8 Å². The van der Waals surface area contributed by atoms with Crippen LogP contribution in [0.2, 0.25) is 15.1 Å². The molecule has 0 bridgehead atoms. The SMILES string of the molecule is Nc1nc2cc(Cl)c(Cl)cc2n1-c1ccc(Cl)c(Br)c1. The number of halogens is 4. The summed E-state index contributed by atoms with van der Waals surface area (Å²) in [6.45, 7) is 0. The molecule has 0 amide bonds. The van der Waals surface area contributed by atoms with E-state index in [0.29, 0.717) is 26.5 Å². The van der Waals surface area contributed by atoms with Gasteiger partial charge in [-0.2, -0.15) is 0 Å². The molecular weight excluding hydrogens is 384 g/mol. The molecule has 20 heavy (non-hydrogen) atoms. The van der Waals surface area contributed by atoms with Crippen LogP contribution in [0.15, 0.2) is 34.8 Å².